The monoisotopic (exact) mass is 295 g/mol. The average molecular weight is 295 g/mol. The quantitative estimate of drug-likeness (QED) is 0.557. The van der Waals surface area contributed by atoms with Crippen LogP contribution in [-0.4, -0.2) is 36.5 Å². The number of hydrogen-bond acceptors (Lipinski definition) is 5. The summed E-state index contributed by atoms with van der Waals surface area (Å²) in [6.45, 7) is 1.58. The Morgan fingerprint density at radius 1 is 1.33 bits per heavy atom. The Morgan fingerprint density at radius 3 is 2.43 bits per heavy atom. The van der Waals surface area contributed by atoms with Crippen LogP contribution in [0.4, 0.5) is 5.69 Å². The number of amides is 2. The van der Waals surface area contributed by atoms with Gasteiger partial charge in [0.15, 0.2) is 0 Å². The summed E-state index contributed by atoms with van der Waals surface area (Å²) in [4.78, 5) is 32.9. The maximum atomic E-state index is 11.9. The summed E-state index contributed by atoms with van der Waals surface area (Å²) in [6.07, 6.45) is 0. The van der Waals surface area contributed by atoms with Crippen molar-refractivity contribution < 1.29 is 19.2 Å². The van der Waals surface area contributed by atoms with Crippen LogP contribution in [0.1, 0.15) is 12.5 Å². The molecule has 21 heavy (non-hydrogen) atoms. The summed E-state index contributed by atoms with van der Waals surface area (Å²) in [5.74, 6) is -0.715. The van der Waals surface area contributed by atoms with E-state index in [0.29, 0.717) is 5.56 Å². The molecule has 8 nitrogen and oxygen atoms in total. The van der Waals surface area contributed by atoms with Crippen LogP contribution < -0.4 is 10.6 Å². The van der Waals surface area contributed by atoms with E-state index in [2.05, 4.69) is 10.6 Å². The number of nitro benzene ring substituents is 1. The van der Waals surface area contributed by atoms with Crippen molar-refractivity contribution in [3.8, 4) is 0 Å². The molecule has 8 heteroatoms. The van der Waals surface area contributed by atoms with E-state index in [1.807, 2.05) is 0 Å². The van der Waals surface area contributed by atoms with E-state index in [-0.39, 0.29) is 30.7 Å². The van der Waals surface area contributed by atoms with Crippen LogP contribution in [0.2, 0.25) is 0 Å². The fourth-order valence-electron chi connectivity index (χ4n) is 1.64. The standard InChI is InChI=1S/C13H17N3O5/c1-9(17)15-12(8-21-2)13(18)14-7-10-3-5-11(6-4-10)16(19)20/h3-6,12H,7-8H2,1-2H3,(H,14,18)(H,15,17)/t12-/m0/s1. The second-order valence-electron chi connectivity index (χ2n) is 4.35. The Morgan fingerprint density at radius 2 is 1.95 bits per heavy atom. The third-order valence-electron chi connectivity index (χ3n) is 2.64. The maximum absolute atomic E-state index is 11.9. The predicted octanol–water partition coefficient (Wildman–Crippen LogP) is 0.362. The molecule has 0 fully saturated rings. The molecule has 0 bridgehead atoms. The Kier molecular flexibility index (Phi) is 6.28. The number of benzene rings is 1. The molecule has 0 aliphatic carbocycles. The van der Waals surface area contributed by atoms with Crippen molar-refractivity contribution in [2.24, 2.45) is 0 Å². The molecule has 1 rings (SSSR count). The van der Waals surface area contributed by atoms with Crippen molar-refractivity contribution in [2.75, 3.05) is 13.7 Å². The molecule has 0 spiro atoms. The average Bonchev–Trinajstić information content (AvgIpc) is 2.44. The predicted molar refractivity (Wildman–Crippen MR) is 74.4 cm³/mol. The van der Waals surface area contributed by atoms with Gasteiger partial charge in [0.2, 0.25) is 11.8 Å². The fourth-order valence-corrected chi connectivity index (χ4v) is 1.64. The van der Waals surface area contributed by atoms with Crippen molar-refractivity contribution in [1.29, 1.82) is 0 Å². The number of ether oxygens (including phenoxy) is 1. The highest BCUT2D eigenvalue weighted by molar-refractivity contribution is 5.86. The number of methoxy groups -OCH3 is 1. The summed E-state index contributed by atoms with van der Waals surface area (Å²) in [5.41, 5.74) is 0.702. The molecule has 0 unspecified atom stereocenters. The molecule has 0 aliphatic heterocycles. The van der Waals surface area contributed by atoms with E-state index in [0.717, 1.165) is 0 Å². The first kappa shape index (κ1) is 16.6. The Balaban J connectivity index is 2.57. The lowest BCUT2D eigenvalue weighted by Crippen LogP contribution is -2.48. The van der Waals surface area contributed by atoms with Crippen molar-refractivity contribution in [3.05, 3.63) is 39.9 Å². The molecule has 0 heterocycles. The minimum Gasteiger partial charge on any atom is -0.382 e. The zero-order valence-corrected chi connectivity index (χ0v) is 11.8. The number of carbonyl (C=O) groups is 2. The topological polar surface area (TPSA) is 111 Å². The minimum absolute atomic E-state index is 0.0133. The maximum Gasteiger partial charge on any atom is 0.269 e. The molecule has 0 radical (unpaired) electrons. The van der Waals surface area contributed by atoms with Gasteiger partial charge in [0.25, 0.3) is 5.69 Å². The number of nitrogens with zero attached hydrogens (tertiary/aromatic N) is 1. The Bertz CT molecular complexity index is 515. The van der Waals surface area contributed by atoms with Gasteiger partial charge in [0, 0.05) is 32.7 Å². The highest BCUT2D eigenvalue weighted by atomic mass is 16.6. The lowest BCUT2D eigenvalue weighted by atomic mass is 10.2. The smallest absolute Gasteiger partial charge is 0.269 e. The molecule has 2 N–H and O–H groups in total. The van der Waals surface area contributed by atoms with E-state index in [4.69, 9.17) is 4.74 Å². The fraction of sp³-hybridized carbons (Fsp3) is 0.385. The van der Waals surface area contributed by atoms with Gasteiger partial charge in [-0.2, -0.15) is 0 Å². The molecule has 0 aliphatic rings. The normalized spacial score (nSPS) is 11.5. The number of nitro groups is 1. The van der Waals surface area contributed by atoms with Crippen LogP contribution in [-0.2, 0) is 20.9 Å². The van der Waals surface area contributed by atoms with Gasteiger partial charge in [-0.15, -0.1) is 0 Å². The van der Waals surface area contributed by atoms with E-state index in [1.165, 1.54) is 26.2 Å². The molecule has 1 aromatic rings. The molecule has 0 saturated heterocycles. The van der Waals surface area contributed by atoms with Gasteiger partial charge in [-0.05, 0) is 5.56 Å². The van der Waals surface area contributed by atoms with E-state index < -0.39 is 11.0 Å². The van der Waals surface area contributed by atoms with Crippen molar-refractivity contribution in [1.82, 2.24) is 10.6 Å². The first-order valence-electron chi connectivity index (χ1n) is 6.21. The summed E-state index contributed by atoms with van der Waals surface area (Å²) >= 11 is 0. The van der Waals surface area contributed by atoms with Gasteiger partial charge < -0.3 is 15.4 Å². The largest absolute Gasteiger partial charge is 0.382 e. The van der Waals surface area contributed by atoms with Crippen molar-refractivity contribution >= 4 is 17.5 Å². The van der Waals surface area contributed by atoms with Crippen molar-refractivity contribution in [3.63, 3.8) is 0 Å². The van der Waals surface area contributed by atoms with Crippen LogP contribution in [0.5, 0.6) is 0 Å². The molecule has 114 valence electrons. The number of non-ortho nitro benzene ring substituents is 1. The zero-order valence-electron chi connectivity index (χ0n) is 11.8. The second-order valence-corrected chi connectivity index (χ2v) is 4.35. The van der Waals surface area contributed by atoms with E-state index >= 15 is 0 Å². The lowest BCUT2D eigenvalue weighted by Gasteiger charge is -2.16. The Hall–Kier alpha value is -2.48. The van der Waals surface area contributed by atoms with Gasteiger partial charge in [0.1, 0.15) is 6.04 Å². The van der Waals surface area contributed by atoms with Gasteiger partial charge in [0.05, 0.1) is 11.5 Å². The van der Waals surface area contributed by atoms with Crippen LogP contribution in [0.15, 0.2) is 24.3 Å². The number of rotatable bonds is 7. The van der Waals surface area contributed by atoms with E-state index in [9.17, 15) is 19.7 Å². The molecule has 0 saturated carbocycles. The second kappa shape index (κ2) is 7.95. The SMILES string of the molecule is COC[C@H](NC(C)=O)C(=O)NCc1ccc([N+](=O)[O-])cc1. The number of nitrogens with one attached hydrogen (secondary N) is 2. The number of carbonyl (C=O) groups excluding carboxylic acids is 2. The van der Waals surface area contributed by atoms with Crippen molar-refractivity contribution in [2.45, 2.75) is 19.5 Å². The molecular formula is C13H17N3O5. The third-order valence-corrected chi connectivity index (χ3v) is 2.64. The third kappa shape index (κ3) is 5.57. The Labute approximate surface area is 121 Å². The van der Waals surface area contributed by atoms with Gasteiger partial charge in [-0.3, -0.25) is 19.7 Å². The van der Waals surface area contributed by atoms with Gasteiger partial charge in [-0.1, -0.05) is 12.1 Å². The lowest BCUT2D eigenvalue weighted by molar-refractivity contribution is -0.384. The summed E-state index contributed by atoms with van der Waals surface area (Å²) in [5, 5.41) is 15.6. The number of hydrogen-bond donors (Lipinski definition) is 2. The highest BCUT2D eigenvalue weighted by Gasteiger charge is 2.18. The summed E-state index contributed by atoms with van der Waals surface area (Å²) in [6, 6.07) is 5.07. The van der Waals surface area contributed by atoms with Crippen LogP contribution in [0.3, 0.4) is 0 Å². The van der Waals surface area contributed by atoms with E-state index in [1.54, 1.807) is 12.1 Å². The van der Waals surface area contributed by atoms with Gasteiger partial charge in [-0.25, -0.2) is 0 Å². The molecule has 2 amide bonds. The molecule has 1 aromatic carbocycles. The van der Waals surface area contributed by atoms with Crippen LogP contribution >= 0.6 is 0 Å². The molecular weight excluding hydrogens is 278 g/mol. The first-order valence-corrected chi connectivity index (χ1v) is 6.21. The molecule has 0 aromatic heterocycles. The van der Waals surface area contributed by atoms with Gasteiger partial charge >= 0.3 is 0 Å². The summed E-state index contributed by atoms with van der Waals surface area (Å²) in [7, 11) is 1.43. The first-order chi connectivity index (χ1) is 9.93. The zero-order chi connectivity index (χ0) is 15.8. The minimum atomic E-state index is -0.773. The molecule has 1 atom stereocenters. The van der Waals surface area contributed by atoms with Crippen LogP contribution in [0.25, 0.3) is 0 Å². The summed E-state index contributed by atoms with van der Waals surface area (Å²) < 4.78 is 4.87. The highest BCUT2D eigenvalue weighted by Crippen LogP contribution is 2.11. The van der Waals surface area contributed by atoms with Crippen LogP contribution in [0, 0.1) is 10.1 Å².